The highest BCUT2D eigenvalue weighted by atomic mass is 28.2. The van der Waals surface area contributed by atoms with Crippen molar-refractivity contribution in [3.63, 3.8) is 0 Å². The van der Waals surface area contributed by atoms with Crippen molar-refractivity contribution in [3.05, 3.63) is 83.3 Å². The summed E-state index contributed by atoms with van der Waals surface area (Å²) in [7, 11) is 0.0753. The third-order valence-electron chi connectivity index (χ3n) is 7.98. The van der Waals surface area contributed by atoms with Crippen molar-refractivity contribution in [3.8, 4) is 22.5 Å². The minimum Gasteiger partial charge on any atom is -0.236 e. The Kier molecular flexibility index (Phi) is 14.9. The lowest BCUT2D eigenvalue weighted by atomic mass is 10.00. The molecule has 0 fully saturated rings. The zero-order valence-corrected chi connectivity index (χ0v) is 26.5. The number of aromatic nitrogens is 2. The summed E-state index contributed by atoms with van der Waals surface area (Å²) in [6, 6.07) is 19.3. The van der Waals surface area contributed by atoms with Crippen molar-refractivity contribution in [2.75, 3.05) is 0 Å². The second kappa shape index (κ2) is 18.7. The number of nitrogens with zero attached hydrogens (tertiary/aromatic N) is 2. The fraction of sp³-hybridized carbons (Fsp3) is 0.500. The van der Waals surface area contributed by atoms with E-state index in [2.05, 4.69) is 85.3 Å². The Bertz CT molecular complexity index is 1070. The van der Waals surface area contributed by atoms with Crippen LogP contribution in [0, 0.1) is 0 Å². The lowest BCUT2D eigenvalue weighted by Gasteiger charge is -2.07. The minimum absolute atomic E-state index is 0.0753. The lowest BCUT2D eigenvalue weighted by molar-refractivity contribution is 0.575. The maximum Gasteiger partial charge on any atom is 0.159 e. The molecule has 39 heavy (non-hydrogen) atoms. The van der Waals surface area contributed by atoms with Crippen LogP contribution in [0.15, 0.2) is 72.2 Å². The Balaban J connectivity index is 1.32. The maximum atomic E-state index is 4.67. The van der Waals surface area contributed by atoms with Crippen molar-refractivity contribution >= 4 is 9.52 Å². The quantitative estimate of drug-likeness (QED) is 0.112. The summed E-state index contributed by atoms with van der Waals surface area (Å²) < 4.78 is 0. The van der Waals surface area contributed by atoms with E-state index in [1.807, 2.05) is 12.4 Å². The first-order chi connectivity index (χ1) is 19.2. The molecule has 0 bridgehead atoms. The van der Waals surface area contributed by atoms with Crippen LogP contribution >= 0.6 is 0 Å². The van der Waals surface area contributed by atoms with Crippen LogP contribution in [0.5, 0.6) is 0 Å². The van der Waals surface area contributed by atoms with Crippen LogP contribution in [0.4, 0.5) is 0 Å². The molecule has 0 aliphatic rings. The van der Waals surface area contributed by atoms with Gasteiger partial charge in [-0.05, 0) is 61.8 Å². The maximum absolute atomic E-state index is 4.67. The number of hydrogen-bond acceptors (Lipinski definition) is 2. The van der Waals surface area contributed by atoms with Gasteiger partial charge in [0.05, 0.1) is 0 Å². The Hall–Kier alpha value is -2.52. The van der Waals surface area contributed by atoms with E-state index in [9.17, 15) is 0 Å². The summed E-state index contributed by atoms with van der Waals surface area (Å²) in [6.45, 7) is 6.75. The Labute approximate surface area is 241 Å². The molecule has 0 aliphatic heterocycles. The van der Waals surface area contributed by atoms with Crippen molar-refractivity contribution in [1.29, 1.82) is 0 Å². The zero-order valence-electron chi connectivity index (χ0n) is 25.1. The number of rotatable bonds is 19. The van der Waals surface area contributed by atoms with Crippen LogP contribution in [0.3, 0.4) is 0 Å². The van der Waals surface area contributed by atoms with Gasteiger partial charge in [-0.1, -0.05) is 137 Å². The molecule has 0 radical (unpaired) electrons. The Morgan fingerprint density at radius 2 is 1.10 bits per heavy atom. The monoisotopic (exact) mass is 540 g/mol. The van der Waals surface area contributed by atoms with Gasteiger partial charge in [0.2, 0.25) is 0 Å². The van der Waals surface area contributed by atoms with E-state index in [-0.39, 0.29) is 9.52 Å². The summed E-state index contributed by atoms with van der Waals surface area (Å²) in [5, 5.41) is 1.68. The van der Waals surface area contributed by atoms with Crippen LogP contribution in [0.2, 0.25) is 6.04 Å². The van der Waals surface area contributed by atoms with Gasteiger partial charge in [-0.15, -0.1) is 0 Å². The SMILES string of the molecule is CC=C(C)[SiH2]CCCCCCCCCCc1cnc(-c2ccc(-c3ccc(CCCCCC)cc3)cc2)nc1. The molecule has 3 heteroatoms. The van der Waals surface area contributed by atoms with Crippen molar-refractivity contribution in [1.82, 2.24) is 9.97 Å². The average molecular weight is 541 g/mol. The molecule has 0 amide bonds. The number of aryl methyl sites for hydroxylation is 2. The molecule has 0 aliphatic carbocycles. The topological polar surface area (TPSA) is 25.8 Å². The summed E-state index contributed by atoms with van der Waals surface area (Å²) >= 11 is 0. The minimum atomic E-state index is 0.0753. The van der Waals surface area contributed by atoms with Gasteiger partial charge in [-0.25, -0.2) is 9.97 Å². The van der Waals surface area contributed by atoms with Gasteiger partial charge in [0.15, 0.2) is 5.82 Å². The molecule has 2 aromatic carbocycles. The van der Waals surface area contributed by atoms with Gasteiger partial charge in [-0.3, -0.25) is 0 Å². The smallest absolute Gasteiger partial charge is 0.159 e. The molecule has 0 spiro atoms. The van der Waals surface area contributed by atoms with Gasteiger partial charge in [0.1, 0.15) is 0 Å². The fourth-order valence-electron chi connectivity index (χ4n) is 5.18. The molecule has 0 unspecified atom stereocenters. The van der Waals surface area contributed by atoms with Crippen molar-refractivity contribution in [2.45, 2.75) is 117 Å². The molecule has 0 N–H and O–H groups in total. The molecule has 1 heterocycles. The van der Waals surface area contributed by atoms with E-state index >= 15 is 0 Å². The summed E-state index contributed by atoms with van der Waals surface area (Å²) in [4.78, 5) is 9.35. The van der Waals surface area contributed by atoms with Crippen LogP contribution in [-0.4, -0.2) is 19.5 Å². The van der Waals surface area contributed by atoms with E-state index in [1.54, 1.807) is 5.20 Å². The molecule has 3 rings (SSSR count). The molecule has 0 saturated heterocycles. The first kappa shape index (κ1) is 31.0. The number of unbranched alkanes of at least 4 members (excludes halogenated alkanes) is 10. The van der Waals surface area contributed by atoms with E-state index in [1.165, 1.54) is 112 Å². The largest absolute Gasteiger partial charge is 0.236 e. The summed E-state index contributed by atoms with van der Waals surface area (Å²) in [5.74, 6) is 0.816. The van der Waals surface area contributed by atoms with Crippen LogP contribution < -0.4 is 0 Å². The van der Waals surface area contributed by atoms with Crippen molar-refractivity contribution in [2.24, 2.45) is 0 Å². The zero-order chi connectivity index (χ0) is 27.5. The lowest BCUT2D eigenvalue weighted by Crippen LogP contribution is -1.93. The standard InChI is InChI=1S/C36H52N2Si/c1-4-6-7-14-17-31-19-21-33(22-20-31)34-23-25-35(26-24-34)36-37-28-32(29-38-36)18-15-12-10-8-9-11-13-16-27-39-30(3)5-2/h5,19-26,28-29H,4,6-18,27,39H2,1-3H3. The van der Waals surface area contributed by atoms with Crippen molar-refractivity contribution < 1.29 is 0 Å². The molecule has 2 nitrogen and oxygen atoms in total. The molecule has 210 valence electrons. The predicted molar refractivity (Wildman–Crippen MR) is 174 cm³/mol. The molecular formula is C36H52N2Si. The first-order valence-electron chi connectivity index (χ1n) is 15.8. The van der Waals surface area contributed by atoms with Gasteiger partial charge in [0.25, 0.3) is 0 Å². The second-order valence-corrected chi connectivity index (χ2v) is 13.6. The van der Waals surface area contributed by atoms with Gasteiger partial charge < -0.3 is 0 Å². The van der Waals surface area contributed by atoms with Crippen LogP contribution in [-0.2, 0) is 12.8 Å². The highest BCUT2D eigenvalue weighted by Gasteiger charge is 2.04. The van der Waals surface area contributed by atoms with Gasteiger partial charge in [0, 0.05) is 27.5 Å². The third kappa shape index (κ3) is 12.0. The molecule has 0 atom stereocenters. The predicted octanol–water partition coefficient (Wildman–Crippen LogP) is 10.1. The highest BCUT2D eigenvalue weighted by Crippen LogP contribution is 2.24. The van der Waals surface area contributed by atoms with E-state index in [4.69, 9.17) is 0 Å². The molecule has 0 saturated carbocycles. The number of benzene rings is 2. The van der Waals surface area contributed by atoms with Crippen LogP contribution in [0.1, 0.15) is 109 Å². The van der Waals surface area contributed by atoms with E-state index in [0.29, 0.717) is 0 Å². The number of hydrogen-bond donors (Lipinski definition) is 0. The van der Waals surface area contributed by atoms with Crippen LogP contribution in [0.25, 0.3) is 22.5 Å². The highest BCUT2D eigenvalue weighted by molar-refractivity contribution is 6.44. The number of allylic oxidation sites excluding steroid dienone is 2. The Morgan fingerprint density at radius 1 is 0.615 bits per heavy atom. The normalized spacial score (nSPS) is 12.0. The Morgan fingerprint density at radius 3 is 1.69 bits per heavy atom. The van der Waals surface area contributed by atoms with Gasteiger partial charge >= 0.3 is 0 Å². The summed E-state index contributed by atoms with van der Waals surface area (Å²) in [5.41, 5.74) is 6.29. The second-order valence-electron chi connectivity index (χ2n) is 11.3. The molecule has 1 aromatic heterocycles. The average Bonchev–Trinajstić information content (AvgIpc) is 2.98. The summed E-state index contributed by atoms with van der Waals surface area (Å²) in [6.07, 6.45) is 24.9. The molecular weight excluding hydrogens is 488 g/mol. The fourth-order valence-corrected chi connectivity index (χ4v) is 6.63. The third-order valence-corrected chi connectivity index (χ3v) is 10.0. The first-order valence-corrected chi connectivity index (χ1v) is 17.5. The molecule has 3 aromatic rings. The van der Waals surface area contributed by atoms with E-state index in [0.717, 1.165) is 17.8 Å². The van der Waals surface area contributed by atoms with E-state index < -0.39 is 0 Å². The van der Waals surface area contributed by atoms with Gasteiger partial charge in [-0.2, -0.15) is 0 Å².